The molecule has 0 saturated carbocycles. The highest BCUT2D eigenvalue weighted by atomic mass is 16.4. The maximum absolute atomic E-state index is 9.37. The zero-order valence-corrected chi connectivity index (χ0v) is 19.5. The van der Waals surface area contributed by atoms with Gasteiger partial charge in [-0.1, -0.05) is 90.7 Å². The predicted octanol–water partition coefficient (Wildman–Crippen LogP) is 6.94. The molecule has 0 amide bonds. The van der Waals surface area contributed by atoms with Crippen molar-refractivity contribution in [3.63, 3.8) is 0 Å². The van der Waals surface area contributed by atoms with E-state index in [-0.39, 0.29) is 12.8 Å². The van der Waals surface area contributed by atoms with Crippen LogP contribution in [-0.4, -0.2) is 28.7 Å². The van der Waals surface area contributed by atoms with Gasteiger partial charge in [0.2, 0.25) is 0 Å². The van der Waals surface area contributed by atoms with Gasteiger partial charge in [0.05, 0.1) is 0 Å². The Labute approximate surface area is 180 Å². The average Bonchev–Trinajstić information content (AvgIpc) is 2.71. The summed E-state index contributed by atoms with van der Waals surface area (Å²) >= 11 is 0. The number of rotatable bonds is 17. The molecular formula is C24H49NO4. The topological polar surface area (TPSA) is 101 Å². The fourth-order valence-corrected chi connectivity index (χ4v) is 2.39. The van der Waals surface area contributed by atoms with E-state index in [9.17, 15) is 9.59 Å². The normalized spacial score (nSPS) is 10.1. The van der Waals surface area contributed by atoms with Gasteiger partial charge in [0.15, 0.2) is 0 Å². The molecule has 0 heterocycles. The molecule has 0 aliphatic carbocycles. The number of carboxylic acids is 2. The molecule has 0 aromatic rings. The van der Waals surface area contributed by atoms with Gasteiger partial charge in [0, 0.05) is 12.8 Å². The van der Waals surface area contributed by atoms with Crippen LogP contribution in [0.4, 0.5) is 0 Å². The van der Waals surface area contributed by atoms with Gasteiger partial charge in [-0.15, -0.1) is 0 Å². The third-order valence-electron chi connectivity index (χ3n) is 4.32. The monoisotopic (exact) mass is 415 g/mol. The van der Waals surface area contributed by atoms with Crippen LogP contribution in [0.5, 0.6) is 0 Å². The van der Waals surface area contributed by atoms with E-state index in [0.29, 0.717) is 0 Å². The molecule has 0 fully saturated rings. The number of aliphatic carboxylic acids is 2. The highest BCUT2D eigenvalue weighted by Crippen LogP contribution is 2.09. The van der Waals surface area contributed by atoms with Gasteiger partial charge in [-0.2, -0.15) is 0 Å². The van der Waals surface area contributed by atoms with Crippen LogP contribution in [-0.2, 0) is 9.59 Å². The summed E-state index contributed by atoms with van der Waals surface area (Å²) in [7, 11) is 0. The lowest BCUT2D eigenvalue weighted by molar-refractivity contribution is -0.137. The minimum absolute atomic E-state index is 0.222. The van der Waals surface area contributed by atoms with E-state index in [1.54, 1.807) is 13.8 Å². The van der Waals surface area contributed by atoms with Gasteiger partial charge in [0.1, 0.15) is 0 Å². The lowest BCUT2D eigenvalue weighted by Crippen LogP contribution is -1.97. The van der Waals surface area contributed by atoms with Crippen LogP contribution < -0.4 is 5.73 Å². The van der Waals surface area contributed by atoms with E-state index in [1.807, 2.05) is 0 Å². The molecule has 29 heavy (non-hydrogen) atoms. The Hall–Kier alpha value is -1.36. The first kappa shape index (κ1) is 32.3. The minimum atomic E-state index is -0.745. The number of carbonyl (C=O) groups is 2. The Bertz CT molecular complexity index is 343. The largest absolute Gasteiger partial charge is 0.481 e. The van der Waals surface area contributed by atoms with Crippen molar-refractivity contribution in [1.29, 1.82) is 0 Å². The lowest BCUT2D eigenvalue weighted by Gasteiger charge is -1.99. The van der Waals surface area contributed by atoms with E-state index in [0.717, 1.165) is 6.54 Å². The van der Waals surface area contributed by atoms with Gasteiger partial charge in [-0.3, -0.25) is 9.59 Å². The summed E-state index contributed by atoms with van der Waals surface area (Å²) in [5.41, 5.74) is 5.47. The predicted molar refractivity (Wildman–Crippen MR) is 124 cm³/mol. The first-order chi connectivity index (χ1) is 14.0. The Morgan fingerprint density at radius 3 is 1.24 bits per heavy atom. The van der Waals surface area contributed by atoms with Gasteiger partial charge in [0.25, 0.3) is 0 Å². The second-order valence-electron chi connectivity index (χ2n) is 7.22. The molecule has 0 aromatic carbocycles. The molecule has 0 aliphatic rings. The third kappa shape index (κ3) is 46.6. The molecule has 0 aliphatic heterocycles. The molecule has 174 valence electrons. The van der Waals surface area contributed by atoms with Gasteiger partial charge in [-0.05, 0) is 38.6 Å². The molecule has 0 spiro atoms. The maximum atomic E-state index is 9.37. The SMILES string of the molecule is CCC(=O)O.CCC(=O)O.CCCCCCCCC=CCCCCCCCCN. The molecule has 0 aromatic heterocycles. The molecule has 0 bridgehead atoms. The van der Waals surface area contributed by atoms with Crippen molar-refractivity contribution in [2.24, 2.45) is 5.73 Å². The molecule has 0 saturated heterocycles. The van der Waals surface area contributed by atoms with Gasteiger partial charge in [-0.25, -0.2) is 0 Å². The fourth-order valence-electron chi connectivity index (χ4n) is 2.39. The van der Waals surface area contributed by atoms with Crippen LogP contribution in [0, 0.1) is 0 Å². The summed E-state index contributed by atoms with van der Waals surface area (Å²) in [6, 6.07) is 0. The van der Waals surface area contributed by atoms with Crippen molar-refractivity contribution in [3.05, 3.63) is 12.2 Å². The molecule has 5 heteroatoms. The quantitative estimate of drug-likeness (QED) is 0.176. The zero-order chi connectivity index (χ0) is 22.6. The van der Waals surface area contributed by atoms with Crippen LogP contribution in [0.3, 0.4) is 0 Å². The maximum Gasteiger partial charge on any atom is 0.303 e. The molecule has 0 radical (unpaired) electrons. The first-order valence-corrected chi connectivity index (χ1v) is 11.7. The molecule has 0 atom stereocenters. The standard InChI is InChI=1S/C18H37N.2C3H6O2/c1-2-3-4-5-6-7-8-9-10-11-12-13-14-15-16-17-18-19;2*1-2-3(4)5/h9-10H,2-8,11-19H2,1H3;2*2H2,1H3,(H,4,5). The van der Waals surface area contributed by atoms with Crippen molar-refractivity contribution < 1.29 is 19.8 Å². The zero-order valence-electron chi connectivity index (χ0n) is 19.5. The number of hydrogen-bond acceptors (Lipinski definition) is 3. The molecular weight excluding hydrogens is 366 g/mol. The Morgan fingerprint density at radius 1 is 0.621 bits per heavy atom. The Kier molecular flexibility index (Phi) is 34.9. The molecule has 5 nitrogen and oxygen atoms in total. The van der Waals surface area contributed by atoms with Gasteiger partial charge < -0.3 is 15.9 Å². The van der Waals surface area contributed by atoms with Crippen LogP contribution in [0.25, 0.3) is 0 Å². The van der Waals surface area contributed by atoms with Crippen molar-refractivity contribution in [2.45, 2.75) is 124 Å². The van der Waals surface area contributed by atoms with E-state index in [1.165, 1.54) is 89.9 Å². The number of carboxylic acid groups (broad SMARTS) is 2. The molecule has 0 unspecified atom stereocenters. The summed E-state index contributed by atoms with van der Waals surface area (Å²) in [6.07, 6.45) is 24.3. The number of nitrogens with two attached hydrogens (primary N) is 1. The van der Waals surface area contributed by atoms with Gasteiger partial charge >= 0.3 is 11.9 Å². The van der Waals surface area contributed by atoms with E-state index >= 15 is 0 Å². The molecule has 0 rings (SSSR count). The molecule has 4 N–H and O–H groups in total. The Balaban J connectivity index is -0.000000555. The van der Waals surface area contributed by atoms with Crippen molar-refractivity contribution in [3.8, 4) is 0 Å². The minimum Gasteiger partial charge on any atom is -0.481 e. The van der Waals surface area contributed by atoms with Crippen molar-refractivity contribution in [2.75, 3.05) is 6.54 Å². The van der Waals surface area contributed by atoms with Crippen molar-refractivity contribution >= 4 is 11.9 Å². The number of hydrogen-bond donors (Lipinski definition) is 3. The summed E-state index contributed by atoms with van der Waals surface area (Å²) in [5, 5.41) is 15.4. The summed E-state index contributed by atoms with van der Waals surface area (Å²) in [4.78, 5) is 18.7. The van der Waals surface area contributed by atoms with E-state index in [4.69, 9.17) is 15.9 Å². The fraction of sp³-hybridized carbons (Fsp3) is 0.833. The average molecular weight is 416 g/mol. The van der Waals surface area contributed by atoms with Crippen LogP contribution in [0.2, 0.25) is 0 Å². The smallest absolute Gasteiger partial charge is 0.303 e. The van der Waals surface area contributed by atoms with E-state index < -0.39 is 11.9 Å². The van der Waals surface area contributed by atoms with Crippen LogP contribution >= 0.6 is 0 Å². The lowest BCUT2D eigenvalue weighted by atomic mass is 10.1. The Morgan fingerprint density at radius 2 is 0.931 bits per heavy atom. The van der Waals surface area contributed by atoms with E-state index in [2.05, 4.69) is 19.1 Å². The highest BCUT2D eigenvalue weighted by molar-refractivity contribution is 5.66. The van der Waals surface area contributed by atoms with Crippen LogP contribution in [0.15, 0.2) is 12.2 Å². The highest BCUT2D eigenvalue weighted by Gasteiger charge is 1.90. The van der Waals surface area contributed by atoms with Crippen LogP contribution in [0.1, 0.15) is 124 Å². The summed E-state index contributed by atoms with van der Waals surface area (Å²) in [5.74, 6) is -1.49. The third-order valence-corrected chi connectivity index (χ3v) is 4.32. The number of unbranched alkanes of at least 4 members (excludes halogenated alkanes) is 12. The van der Waals surface area contributed by atoms with Crippen molar-refractivity contribution in [1.82, 2.24) is 0 Å². The summed E-state index contributed by atoms with van der Waals surface area (Å²) < 4.78 is 0. The second kappa shape index (κ2) is 31.3. The second-order valence-corrected chi connectivity index (χ2v) is 7.22. The number of allylic oxidation sites excluding steroid dienone is 2. The first-order valence-electron chi connectivity index (χ1n) is 11.7. The summed E-state index contributed by atoms with van der Waals surface area (Å²) in [6.45, 7) is 6.34.